The van der Waals surface area contributed by atoms with E-state index in [-0.39, 0.29) is 0 Å². The fraction of sp³-hybridized carbons (Fsp3) is 0.400. The molecule has 1 fully saturated rings. The van der Waals surface area contributed by atoms with Crippen molar-refractivity contribution in [3.63, 3.8) is 0 Å². The first-order valence-electron chi connectivity index (χ1n) is 1.91. The van der Waals surface area contributed by atoms with E-state index in [2.05, 4.69) is 12.3 Å². The number of hydrogen-bond donors (Lipinski definition) is 0. The highest BCUT2D eigenvalue weighted by Gasteiger charge is 2.25. The molecule has 1 aliphatic heterocycles. The lowest BCUT2D eigenvalue weighted by Gasteiger charge is -1.50. The predicted octanol–water partition coefficient (Wildman–Crippen LogP) is 1.07. The molecule has 0 aliphatic carbocycles. The van der Waals surface area contributed by atoms with Crippen LogP contribution in [-0.4, -0.2) is 6.10 Å². The molecule has 0 amide bonds. The Bertz CT molecular complexity index is 109. The summed E-state index contributed by atoms with van der Waals surface area (Å²) in [6.45, 7) is 5.35. The van der Waals surface area contributed by atoms with Gasteiger partial charge in [0, 0.05) is 0 Å². The Kier molecular flexibility index (Phi) is 0.520. The lowest BCUT2D eigenvalue weighted by atomic mass is 10.5. The van der Waals surface area contributed by atoms with E-state index in [1.807, 2.05) is 6.92 Å². The molecule has 1 heteroatoms. The Morgan fingerprint density at radius 1 is 2.00 bits per heavy atom. The highest BCUT2D eigenvalue weighted by Crippen LogP contribution is 2.23. The first kappa shape index (κ1) is 3.51. The van der Waals surface area contributed by atoms with Crippen molar-refractivity contribution in [2.75, 3.05) is 0 Å². The first-order valence-corrected chi connectivity index (χ1v) is 1.91. The topological polar surface area (TPSA) is 12.5 Å². The second-order valence-corrected chi connectivity index (χ2v) is 1.30. The molecule has 0 spiro atoms. The molecule has 0 aromatic heterocycles. The van der Waals surface area contributed by atoms with Crippen LogP contribution in [0.25, 0.3) is 0 Å². The van der Waals surface area contributed by atoms with Gasteiger partial charge in [-0.3, -0.25) is 0 Å². The summed E-state index contributed by atoms with van der Waals surface area (Å²) in [6.07, 6.45) is 0.308. The van der Waals surface area contributed by atoms with E-state index in [1.54, 1.807) is 0 Å². The van der Waals surface area contributed by atoms with Gasteiger partial charge in [-0.05, 0) is 6.92 Å². The minimum absolute atomic E-state index is 0.308. The minimum atomic E-state index is 0.308. The molecule has 0 aromatic carbocycles. The zero-order valence-corrected chi connectivity index (χ0v) is 3.69. The summed E-state index contributed by atoms with van der Waals surface area (Å²) in [5.41, 5.74) is 2.63. The van der Waals surface area contributed by atoms with Crippen LogP contribution in [0.3, 0.4) is 0 Å². The Balaban J connectivity index is 2.67. The lowest BCUT2D eigenvalue weighted by Crippen LogP contribution is -1.59. The summed E-state index contributed by atoms with van der Waals surface area (Å²) in [5, 5.41) is 0. The van der Waals surface area contributed by atoms with E-state index >= 15 is 0 Å². The van der Waals surface area contributed by atoms with Gasteiger partial charge in [-0.25, -0.2) is 0 Å². The Morgan fingerprint density at radius 3 is 2.50 bits per heavy atom. The van der Waals surface area contributed by atoms with Crippen molar-refractivity contribution in [3.8, 4) is 0 Å². The minimum Gasteiger partial charge on any atom is -0.474 e. The number of ether oxygens (including phenoxy) is 1. The smallest absolute Gasteiger partial charge is 0.179 e. The highest BCUT2D eigenvalue weighted by molar-refractivity contribution is 5.08. The maximum Gasteiger partial charge on any atom is 0.179 e. The standard InChI is InChI=1S/C5H6O/c1-3-5-4(2)6-5/h4H,1H2,2H3. The third-order valence-corrected chi connectivity index (χ3v) is 0.790. The van der Waals surface area contributed by atoms with Crippen molar-refractivity contribution in [1.82, 2.24) is 0 Å². The van der Waals surface area contributed by atoms with E-state index in [4.69, 9.17) is 4.74 Å². The van der Waals surface area contributed by atoms with Crippen LogP contribution in [-0.2, 0) is 4.74 Å². The van der Waals surface area contributed by atoms with Crippen molar-refractivity contribution >= 4 is 0 Å². The van der Waals surface area contributed by atoms with E-state index in [1.165, 1.54) is 0 Å². The molecule has 32 valence electrons. The summed E-state index contributed by atoms with van der Waals surface area (Å²) in [4.78, 5) is 0. The van der Waals surface area contributed by atoms with Crippen LogP contribution in [0, 0.1) is 0 Å². The molecule has 0 bridgehead atoms. The van der Waals surface area contributed by atoms with Gasteiger partial charge in [-0.1, -0.05) is 12.3 Å². The zero-order valence-electron chi connectivity index (χ0n) is 3.69. The van der Waals surface area contributed by atoms with Crippen LogP contribution in [0.4, 0.5) is 0 Å². The number of hydrogen-bond acceptors (Lipinski definition) is 1. The third kappa shape index (κ3) is 0.333. The largest absolute Gasteiger partial charge is 0.474 e. The molecular formula is C5H6O. The molecule has 1 unspecified atom stereocenters. The van der Waals surface area contributed by atoms with E-state index in [0.717, 1.165) is 5.76 Å². The molecular weight excluding hydrogens is 76.1 g/mol. The van der Waals surface area contributed by atoms with Gasteiger partial charge >= 0.3 is 0 Å². The second kappa shape index (κ2) is 0.889. The maximum atomic E-state index is 4.81. The van der Waals surface area contributed by atoms with Gasteiger partial charge in [0.05, 0.1) is 0 Å². The van der Waals surface area contributed by atoms with Gasteiger partial charge < -0.3 is 4.74 Å². The van der Waals surface area contributed by atoms with Crippen molar-refractivity contribution in [2.45, 2.75) is 13.0 Å². The first-order chi connectivity index (χ1) is 2.84. The summed E-state index contributed by atoms with van der Waals surface area (Å²) in [6, 6.07) is 0. The summed E-state index contributed by atoms with van der Waals surface area (Å²) in [5.74, 6) is 0.898. The van der Waals surface area contributed by atoms with Crippen LogP contribution in [0.2, 0.25) is 0 Å². The summed E-state index contributed by atoms with van der Waals surface area (Å²) in [7, 11) is 0. The summed E-state index contributed by atoms with van der Waals surface area (Å²) >= 11 is 0. The molecule has 1 heterocycles. The molecule has 0 N–H and O–H groups in total. The van der Waals surface area contributed by atoms with Crippen LogP contribution in [0.1, 0.15) is 6.92 Å². The van der Waals surface area contributed by atoms with Gasteiger partial charge in [-0.15, -0.1) is 0 Å². The molecule has 1 nitrogen and oxygen atoms in total. The molecule has 0 aromatic rings. The summed E-state index contributed by atoms with van der Waals surface area (Å²) < 4.78 is 4.81. The monoisotopic (exact) mass is 82.0 g/mol. The van der Waals surface area contributed by atoms with Crippen LogP contribution < -0.4 is 0 Å². The van der Waals surface area contributed by atoms with Crippen LogP contribution in [0.15, 0.2) is 18.1 Å². The van der Waals surface area contributed by atoms with Crippen molar-refractivity contribution in [1.29, 1.82) is 0 Å². The molecule has 0 saturated carbocycles. The van der Waals surface area contributed by atoms with Gasteiger partial charge in [-0.2, -0.15) is 0 Å². The second-order valence-electron chi connectivity index (χ2n) is 1.30. The Morgan fingerprint density at radius 2 is 2.50 bits per heavy atom. The third-order valence-electron chi connectivity index (χ3n) is 0.790. The van der Waals surface area contributed by atoms with E-state index < -0.39 is 0 Å². The Hall–Kier alpha value is -0.680. The van der Waals surface area contributed by atoms with Crippen molar-refractivity contribution in [2.24, 2.45) is 0 Å². The Labute approximate surface area is 36.9 Å². The van der Waals surface area contributed by atoms with Gasteiger partial charge in [0.25, 0.3) is 0 Å². The fourth-order valence-corrected chi connectivity index (χ4v) is 0.342. The van der Waals surface area contributed by atoms with E-state index in [9.17, 15) is 0 Å². The number of rotatable bonds is 0. The molecule has 1 aliphatic rings. The molecule has 1 rings (SSSR count). The molecule has 1 atom stereocenters. The highest BCUT2D eigenvalue weighted by atomic mass is 16.6. The lowest BCUT2D eigenvalue weighted by molar-refractivity contribution is 0.445. The molecule has 0 radical (unpaired) electrons. The average molecular weight is 82.1 g/mol. The SMILES string of the molecule is C=C=C1OC1C. The van der Waals surface area contributed by atoms with Crippen molar-refractivity contribution in [3.05, 3.63) is 18.1 Å². The van der Waals surface area contributed by atoms with Crippen LogP contribution in [0.5, 0.6) is 0 Å². The molecule has 6 heavy (non-hydrogen) atoms. The molecule has 1 saturated heterocycles. The van der Waals surface area contributed by atoms with Gasteiger partial charge in [0.1, 0.15) is 0 Å². The zero-order chi connectivity index (χ0) is 4.57. The van der Waals surface area contributed by atoms with Gasteiger partial charge in [0.15, 0.2) is 11.9 Å². The van der Waals surface area contributed by atoms with Crippen LogP contribution >= 0.6 is 0 Å². The van der Waals surface area contributed by atoms with Crippen molar-refractivity contribution < 1.29 is 4.74 Å². The maximum absolute atomic E-state index is 4.81. The van der Waals surface area contributed by atoms with E-state index in [0.29, 0.717) is 6.10 Å². The number of epoxide rings is 1. The van der Waals surface area contributed by atoms with Gasteiger partial charge in [0.2, 0.25) is 0 Å². The average Bonchev–Trinajstić information content (AvgIpc) is 2.19. The quantitative estimate of drug-likeness (QED) is 0.314. The fourth-order valence-electron chi connectivity index (χ4n) is 0.342. The predicted molar refractivity (Wildman–Crippen MR) is 23.2 cm³/mol. The normalized spacial score (nSPS) is 28.2.